The van der Waals surface area contributed by atoms with E-state index in [2.05, 4.69) is 10.4 Å². The van der Waals surface area contributed by atoms with E-state index >= 15 is 0 Å². The Hall–Kier alpha value is -3.12. The van der Waals surface area contributed by atoms with Gasteiger partial charge in [-0.3, -0.25) is 9.59 Å². The second kappa shape index (κ2) is 8.71. The normalized spacial score (nSPS) is 10.5. The molecule has 0 radical (unpaired) electrons. The van der Waals surface area contributed by atoms with E-state index in [0.29, 0.717) is 22.8 Å². The molecule has 1 aromatic heterocycles. The van der Waals surface area contributed by atoms with Crippen molar-refractivity contribution in [3.05, 3.63) is 81.6 Å². The molecule has 0 saturated carbocycles. The maximum Gasteiger partial charge on any atom is 0.266 e. The van der Waals surface area contributed by atoms with Crippen LogP contribution in [0.2, 0.25) is 5.02 Å². The summed E-state index contributed by atoms with van der Waals surface area (Å²) in [6, 6.07) is 17.7. The van der Waals surface area contributed by atoms with Crippen LogP contribution in [-0.4, -0.2) is 36.3 Å². The van der Waals surface area contributed by atoms with Crippen LogP contribution < -0.4 is 15.8 Å². The quantitative estimate of drug-likeness (QED) is 0.695. The highest BCUT2D eigenvalue weighted by Gasteiger charge is 2.08. The van der Waals surface area contributed by atoms with E-state index in [-0.39, 0.29) is 18.0 Å². The van der Waals surface area contributed by atoms with Crippen LogP contribution in [0.5, 0.6) is 0 Å². The second-order valence-electron chi connectivity index (χ2n) is 6.49. The fraction of sp³-hybridized carbons (Fsp3) is 0.190. The molecule has 0 bridgehead atoms. The lowest BCUT2D eigenvalue weighted by Crippen LogP contribution is -2.32. The van der Waals surface area contributed by atoms with E-state index in [1.54, 1.807) is 24.3 Å². The smallest absolute Gasteiger partial charge is 0.266 e. The summed E-state index contributed by atoms with van der Waals surface area (Å²) in [5, 5.41) is 7.85. The third-order valence-corrected chi connectivity index (χ3v) is 4.49. The molecule has 144 valence electrons. The molecule has 0 unspecified atom stereocenters. The molecule has 0 aliphatic rings. The first-order valence-corrected chi connectivity index (χ1v) is 9.21. The number of rotatable bonds is 6. The molecular weight excluding hydrogens is 376 g/mol. The van der Waals surface area contributed by atoms with Gasteiger partial charge in [-0.25, -0.2) is 4.68 Å². The van der Waals surface area contributed by atoms with Gasteiger partial charge in [0.2, 0.25) is 0 Å². The Morgan fingerprint density at radius 1 is 1.11 bits per heavy atom. The summed E-state index contributed by atoms with van der Waals surface area (Å²) >= 11 is 5.91. The minimum atomic E-state index is -0.221. The molecule has 0 saturated heterocycles. The molecule has 0 aliphatic carbocycles. The average molecular weight is 397 g/mol. The third kappa shape index (κ3) is 4.78. The van der Waals surface area contributed by atoms with Gasteiger partial charge in [0.25, 0.3) is 11.5 Å². The number of carbonyl (C=O) groups is 1. The van der Waals surface area contributed by atoms with Gasteiger partial charge in [-0.15, -0.1) is 0 Å². The van der Waals surface area contributed by atoms with Crippen molar-refractivity contribution in [3.63, 3.8) is 0 Å². The number of benzene rings is 2. The molecule has 2 aromatic carbocycles. The minimum Gasteiger partial charge on any atom is -0.378 e. The second-order valence-corrected chi connectivity index (χ2v) is 6.92. The maximum absolute atomic E-state index is 12.4. The number of hydrogen-bond donors (Lipinski definition) is 1. The van der Waals surface area contributed by atoms with Crippen molar-refractivity contribution in [2.45, 2.75) is 6.54 Å². The SMILES string of the molecule is CN(C)c1cccc(C(=O)NCCn2nc(-c3ccc(Cl)cc3)ccc2=O)c1. The van der Waals surface area contributed by atoms with E-state index in [1.807, 2.05) is 49.3 Å². The number of amides is 1. The Kier molecular flexibility index (Phi) is 6.11. The lowest BCUT2D eigenvalue weighted by atomic mass is 10.1. The molecule has 1 amide bonds. The first-order chi connectivity index (χ1) is 13.4. The Labute approximate surface area is 168 Å². The van der Waals surface area contributed by atoms with Crippen molar-refractivity contribution in [2.24, 2.45) is 0 Å². The monoisotopic (exact) mass is 396 g/mol. The first kappa shape index (κ1) is 19.6. The summed E-state index contributed by atoms with van der Waals surface area (Å²) < 4.78 is 1.35. The fourth-order valence-electron chi connectivity index (χ4n) is 2.69. The van der Waals surface area contributed by atoms with Crippen molar-refractivity contribution in [3.8, 4) is 11.3 Å². The molecule has 0 atom stereocenters. The van der Waals surface area contributed by atoms with Crippen molar-refractivity contribution < 1.29 is 4.79 Å². The zero-order chi connectivity index (χ0) is 20.1. The van der Waals surface area contributed by atoms with Crippen LogP contribution in [0.1, 0.15) is 10.4 Å². The number of aromatic nitrogens is 2. The summed E-state index contributed by atoms with van der Waals surface area (Å²) in [6.45, 7) is 0.571. The van der Waals surface area contributed by atoms with Gasteiger partial charge in [0.05, 0.1) is 12.2 Å². The number of halogens is 1. The zero-order valence-corrected chi connectivity index (χ0v) is 16.5. The van der Waals surface area contributed by atoms with E-state index in [4.69, 9.17) is 11.6 Å². The number of nitrogens with zero attached hydrogens (tertiary/aromatic N) is 3. The molecular formula is C21H21ClN4O2. The van der Waals surface area contributed by atoms with Crippen LogP contribution in [0, 0.1) is 0 Å². The molecule has 3 rings (SSSR count). The van der Waals surface area contributed by atoms with Gasteiger partial charge < -0.3 is 10.2 Å². The largest absolute Gasteiger partial charge is 0.378 e. The summed E-state index contributed by atoms with van der Waals surface area (Å²) in [6.07, 6.45) is 0. The van der Waals surface area contributed by atoms with Gasteiger partial charge in [0, 0.05) is 48.5 Å². The molecule has 6 nitrogen and oxygen atoms in total. The van der Waals surface area contributed by atoms with Crippen molar-refractivity contribution >= 4 is 23.2 Å². The van der Waals surface area contributed by atoms with Gasteiger partial charge in [0.1, 0.15) is 0 Å². The van der Waals surface area contributed by atoms with Gasteiger partial charge in [0.15, 0.2) is 0 Å². The third-order valence-electron chi connectivity index (χ3n) is 4.24. The van der Waals surface area contributed by atoms with Crippen LogP contribution in [0.15, 0.2) is 65.5 Å². The molecule has 1 N–H and O–H groups in total. The summed E-state index contributed by atoms with van der Waals surface area (Å²) in [5.41, 5.74) is 2.83. The first-order valence-electron chi connectivity index (χ1n) is 8.84. The van der Waals surface area contributed by atoms with E-state index in [9.17, 15) is 9.59 Å². The van der Waals surface area contributed by atoms with E-state index in [1.165, 1.54) is 10.7 Å². The number of anilines is 1. The Morgan fingerprint density at radius 2 is 1.86 bits per heavy atom. The standard InChI is InChI=1S/C21H21ClN4O2/c1-25(2)18-5-3-4-16(14-18)21(28)23-12-13-26-20(27)11-10-19(24-26)15-6-8-17(22)9-7-15/h3-11,14H,12-13H2,1-2H3,(H,23,28). The van der Waals surface area contributed by atoms with Gasteiger partial charge in [-0.2, -0.15) is 5.10 Å². The number of hydrogen-bond acceptors (Lipinski definition) is 4. The number of carbonyl (C=O) groups excluding carboxylic acids is 1. The number of nitrogens with one attached hydrogen (secondary N) is 1. The zero-order valence-electron chi connectivity index (χ0n) is 15.7. The minimum absolute atomic E-state index is 0.189. The molecule has 0 fully saturated rings. The topological polar surface area (TPSA) is 67.2 Å². The van der Waals surface area contributed by atoms with Crippen molar-refractivity contribution in [1.29, 1.82) is 0 Å². The van der Waals surface area contributed by atoms with Crippen molar-refractivity contribution in [2.75, 3.05) is 25.5 Å². The Bertz CT molecular complexity index is 1030. The molecule has 3 aromatic rings. The predicted molar refractivity (Wildman–Crippen MR) is 112 cm³/mol. The van der Waals surface area contributed by atoms with Crippen molar-refractivity contribution in [1.82, 2.24) is 15.1 Å². The average Bonchev–Trinajstić information content (AvgIpc) is 2.70. The summed E-state index contributed by atoms with van der Waals surface area (Å²) in [7, 11) is 3.84. The molecule has 0 aliphatic heterocycles. The Morgan fingerprint density at radius 3 is 2.57 bits per heavy atom. The summed E-state index contributed by atoms with van der Waals surface area (Å²) in [5.74, 6) is -0.189. The highest BCUT2D eigenvalue weighted by Crippen LogP contribution is 2.18. The van der Waals surface area contributed by atoms with Gasteiger partial charge in [-0.05, 0) is 36.4 Å². The lowest BCUT2D eigenvalue weighted by Gasteiger charge is -2.13. The highest BCUT2D eigenvalue weighted by atomic mass is 35.5. The fourth-order valence-corrected chi connectivity index (χ4v) is 2.81. The van der Waals surface area contributed by atoms with Crippen LogP contribution in [0.3, 0.4) is 0 Å². The highest BCUT2D eigenvalue weighted by molar-refractivity contribution is 6.30. The van der Waals surface area contributed by atoms with Crippen LogP contribution in [-0.2, 0) is 6.54 Å². The van der Waals surface area contributed by atoms with Gasteiger partial charge >= 0.3 is 0 Å². The predicted octanol–water partition coefficient (Wildman–Crippen LogP) is 3.06. The molecule has 7 heteroatoms. The lowest BCUT2D eigenvalue weighted by molar-refractivity contribution is 0.0952. The van der Waals surface area contributed by atoms with Crippen LogP contribution in [0.25, 0.3) is 11.3 Å². The van der Waals surface area contributed by atoms with Crippen LogP contribution >= 0.6 is 11.6 Å². The molecule has 1 heterocycles. The van der Waals surface area contributed by atoms with E-state index in [0.717, 1.165) is 11.3 Å². The molecule has 28 heavy (non-hydrogen) atoms. The Balaban J connectivity index is 1.67. The van der Waals surface area contributed by atoms with Crippen LogP contribution in [0.4, 0.5) is 5.69 Å². The van der Waals surface area contributed by atoms with E-state index < -0.39 is 0 Å². The summed E-state index contributed by atoms with van der Waals surface area (Å²) in [4.78, 5) is 26.4. The molecule has 0 spiro atoms. The van der Waals surface area contributed by atoms with Gasteiger partial charge in [-0.1, -0.05) is 29.8 Å². The maximum atomic E-state index is 12.4.